The molecule has 112 valence electrons. The van der Waals surface area contributed by atoms with Gasteiger partial charge in [-0.05, 0) is 26.7 Å². The summed E-state index contributed by atoms with van der Waals surface area (Å²) in [6, 6.07) is 0. The van der Waals surface area contributed by atoms with Crippen molar-refractivity contribution in [2.24, 2.45) is 0 Å². The minimum absolute atomic E-state index is 0.00525. The van der Waals surface area contributed by atoms with Crippen LogP contribution in [0.15, 0.2) is 0 Å². The summed E-state index contributed by atoms with van der Waals surface area (Å²) >= 11 is 0. The van der Waals surface area contributed by atoms with Crippen molar-refractivity contribution in [1.82, 2.24) is 4.90 Å². The van der Waals surface area contributed by atoms with Gasteiger partial charge >= 0.3 is 11.9 Å². The van der Waals surface area contributed by atoms with E-state index in [-0.39, 0.29) is 19.8 Å². The molecule has 0 aliphatic heterocycles. The average molecular weight is 277 g/mol. The Balaban J connectivity index is 4.32. The maximum atomic E-state index is 11.6. The third-order valence-corrected chi connectivity index (χ3v) is 2.50. The lowest BCUT2D eigenvalue weighted by molar-refractivity contribution is -0.175. The molecule has 0 aliphatic carbocycles. The molecule has 0 aromatic heterocycles. The van der Waals surface area contributed by atoms with Gasteiger partial charge in [0.15, 0.2) is 0 Å². The van der Waals surface area contributed by atoms with Gasteiger partial charge in [0, 0.05) is 26.3 Å². The summed E-state index contributed by atoms with van der Waals surface area (Å²) in [7, 11) is 0. The Labute approximate surface area is 112 Å². The van der Waals surface area contributed by atoms with Crippen LogP contribution in [0.25, 0.3) is 0 Å². The van der Waals surface area contributed by atoms with E-state index >= 15 is 0 Å². The molecule has 0 spiro atoms. The Kier molecular flexibility index (Phi) is 8.29. The number of carboxylic acids is 1. The number of carboxylic acid groups (broad SMARTS) is 1. The number of ether oxygens (including phenoxy) is 1. The SMILES string of the molecule is CC(C)(OC(=O)CN(CCCO)CCCO)C(=O)O. The first-order chi connectivity index (χ1) is 8.83. The van der Waals surface area contributed by atoms with E-state index in [4.69, 9.17) is 20.1 Å². The molecular weight excluding hydrogens is 254 g/mol. The number of aliphatic hydroxyl groups is 2. The maximum absolute atomic E-state index is 11.6. The van der Waals surface area contributed by atoms with Crippen LogP contribution in [0.1, 0.15) is 26.7 Å². The van der Waals surface area contributed by atoms with Crippen molar-refractivity contribution in [3.8, 4) is 0 Å². The van der Waals surface area contributed by atoms with Gasteiger partial charge < -0.3 is 20.1 Å². The van der Waals surface area contributed by atoms with Crippen LogP contribution < -0.4 is 0 Å². The number of aliphatic hydroxyl groups excluding tert-OH is 2. The van der Waals surface area contributed by atoms with Gasteiger partial charge in [-0.2, -0.15) is 0 Å². The van der Waals surface area contributed by atoms with Crippen LogP contribution in [-0.4, -0.2) is 70.6 Å². The summed E-state index contributed by atoms with van der Waals surface area (Å²) in [6.45, 7) is 3.53. The van der Waals surface area contributed by atoms with Gasteiger partial charge in [-0.3, -0.25) is 9.69 Å². The molecule has 0 atom stereocenters. The van der Waals surface area contributed by atoms with E-state index in [9.17, 15) is 9.59 Å². The second-order valence-electron chi connectivity index (χ2n) is 4.72. The first-order valence-electron chi connectivity index (χ1n) is 6.22. The van der Waals surface area contributed by atoms with Crippen molar-refractivity contribution in [2.45, 2.75) is 32.3 Å². The van der Waals surface area contributed by atoms with Crippen molar-refractivity contribution in [3.63, 3.8) is 0 Å². The number of carbonyl (C=O) groups is 2. The number of carbonyl (C=O) groups excluding carboxylic acids is 1. The molecule has 0 aliphatic rings. The fourth-order valence-electron chi connectivity index (χ4n) is 1.40. The highest BCUT2D eigenvalue weighted by atomic mass is 16.6. The highest BCUT2D eigenvalue weighted by molar-refractivity contribution is 5.81. The molecule has 19 heavy (non-hydrogen) atoms. The number of rotatable bonds is 10. The molecule has 0 bridgehead atoms. The molecule has 0 aromatic carbocycles. The van der Waals surface area contributed by atoms with Crippen molar-refractivity contribution < 1.29 is 29.6 Å². The van der Waals surface area contributed by atoms with Crippen LogP contribution in [0.3, 0.4) is 0 Å². The van der Waals surface area contributed by atoms with Gasteiger partial charge in [0.1, 0.15) is 0 Å². The monoisotopic (exact) mass is 277 g/mol. The van der Waals surface area contributed by atoms with E-state index in [0.29, 0.717) is 25.9 Å². The second kappa shape index (κ2) is 8.84. The third kappa shape index (κ3) is 7.76. The van der Waals surface area contributed by atoms with E-state index in [1.807, 2.05) is 0 Å². The molecule has 7 nitrogen and oxygen atoms in total. The molecule has 7 heteroatoms. The Morgan fingerprint density at radius 3 is 1.95 bits per heavy atom. The van der Waals surface area contributed by atoms with Crippen molar-refractivity contribution in [3.05, 3.63) is 0 Å². The van der Waals surface area contributed by atoms with Crippen LogP contribution in [0.2, 0.25) is 0 Å². The minimum Gasteiger partial charge on any atom is -0.478 e. The summed E-state index contributed by atoms with van der Waals surface area (Å²) in [5.41, 5.74) is -1.56. The predicted molar refractivity (Wildman–Crippen MR) is 67.7 cm³/mol. The fraction of sp³-hybridized carbons (Fsp3) is 0.833. The quantitative estimate of drug-likeness (QED) is 0.460. The van der Waals surface area contributed by atoms with E-state index in [1.165, 1.54) is 13.8 Å². The highest BCUT2D eigenvalue weighted by Crippen LogP contribution is 2.10. The average Bonchev–Trinajstić information content (AvgIpc) is 2.31. The van der Waals surface area contributed by atoms with Crippen LogP contribution in [0.5, 0.6) is 0 Å². The molecular formula is C12H23NO6. The molecule has 0 amide bonds. The number of nitrogens with zero attached hydrogens (tertiary/aromatic N) is 1. The molecule has 0 unspecified atom stereocenters. The lowest BCUT2D eigenvalue weighted by atomic mass is 10.1. The van der Waals surface area contributed by atoms with Gasteiger partial charge in [-0.15, -0.1) is 0 Å². The maximum Gasteiger partial charge on any atom is 0.347 e. The number of hydrogen-bond acceptors (Lipinski definition) is 6. The lowest BCUT2D eigenvalue weighted by Crippen LogP contribution is -2.41. The summed E-state index contributed by atoms with van der Waals surface area (Å²) in [5.74, 6) is -1.85. The van der Waals surface area contributed by atoms with Crippen LogP contribution in [0, 0.1) is 0 Å². The zero-order valence-electron chi connectivity index (χ0n) is 11.5. The van der Waals surface area contributed by atoms with Gasteiger partial charge in [-0.25, -0.2) is 4.79 Å². The van der Waals surface area contributed by atoms with Gasteiger partial charge in [0.25, 0.3) is 0 Å². The molecule has 0 rings (SSSR count). The van der Waals surface area contributed by atoms with Crippen molar-refractivity contribution >= 4 is 11.9 Å². The van der Waals surface area contributed by atoms with Gasteiger partial charge in [0.05, 0.1) is 6.54 Å². The Hall–Kier alpha value is -1.18. The van der Waals surface area contributed by atoms with Crippen LogP contribution in [-0.2, 0) is 14.3 Å². The van der Waals surface area contributed by atoms with Crippen LogP contribution in [0.4, 0.5) is 0 Å². The van der Waals surface area contributed by atoms with Crippen LogP contribution >= 0.6 is 0 Å². The normalized spacial score (nSPS) is 11.6. The zero-order valence-corrected chi connectivity index (χ0v) is 11.5. The molecule has 0 radical (unpaired) electrons. The molecule has 0 heterocycles. The summed E-state index contributed by atoms with van der Waals surface area (Å²) < 4.78 is 4.88. The second-order valence-corrected chi connectivity index (χ2v) is 4.72. The predicted octanol–water partition coefficient (Wildman–Crippen LogP) is -0.540. The molecule has 0 aromatic rings. The van der Waals surface area contributed by atoms with Gasteiger partial charge in [0.2, 0.25) is 5.60 Å². The standard InChI is InChI=1S/C12H23NO6/c1-12(2,11(17)18)19-10(16)9-13(5-3-7-14)6-4-8-15/h14-15H,3-9H2,1-2H3,(H,17,18). The molecule has 3 N–H and O–H groups in total. The minimum atomic E-state index is -1.56. The van der Waals surface area contributed by atoms with E-state index < -0.39 is 17.5 Å². The Bertz CT molecular complexity index is 284. The Morgan fingerprint density at radius 1 is 1.11 bits per heavy atom. The first kappa shape index (κ1) is 17.8. The highest BCUT2D eigenvalue weighted by Gasteiger charge is 2.31. The van der Waals surface area contributed by atoms with E-state index in [2.05, 4.69) is 0 Å². The zero-order chi connectivity index (χ0) is 14.9. The first-order valence-corrected chi connectivity index (χ1v) is 6.22. The molecule has 0 fully saturated rings. The lowest BCUT2D eigenvalue weighted by Gasteiger charge is -2.24. The number of hydrogen-bond donors (Lipinski definition) is 3. The summed E-state index contributed by atoms with van der Waals surface area (Å²) in [5, 5.41) is 26.4. The third-order valence-electron chi connectivity index (χ3n) is 2.50. The number of aliphatic carboxylic acids is 1. The summed E-state index contributed by atoms with van der Waals surface area (Å²) in [4.78, 5) is 24.2. The Morgan fingerprint density at radius 2 is 1.58 bits per heavy atom. The van der Waals surface area contributed by atoms with Crippen molar-refractivity contribution in [1.29, 1.82) is 0 Å². The van der Waals surface area contributed by atoms with Crippen molar-refractivity contribution in [2.75, 3.05) is 32.8 Å². The number of esters is 1. The molecule has 0 saturated heterocycles. The van der Waals surface area contributed by atoms with E-state index in [1.54, 1.807) is 4.90 Å². The van der Waals surface area contributed by atoms with E-state index in [0.717, 1.165) is 0 Å². The molecule has 0 saturated carbocycles. The van der Waals surface area contributed by atoms with Gasteiger partial charge in [-0.1, -0.05) is 0 Å². The fourth-order valence-corrected chi connectivity index (χ4v) is 1.40. The summed E-state index contributed by atoms with van der Waals surface area (Å²) in [6.07, 6.45) is 1.00. The topological polar surface area (TPSA) is 107 Å². The largest absolute Gasteiger partial charge is 0.478 e. The smallest absolute Gasteiger partial charge is 0.347 e.